The lowest BCUT2D eigenvalue weighted by Crippen LogP contribution is -2.37. The zero-order chi connectivity index (χ0) is 10.8. The number of amides is 1. The second-order valence-corrected chi connectivity index (χ2v) is 3.97. The van der Waals surface area contributed by atoms with Crippen LogP contribution in [-0.2, 0) is 18.4 Å². The summed E-state index contributed by atoms with van der Waals surface area (Å²) in [6.45, 7) is 1.18. The Labute approximate surface area is 88.8 Å². The highest BCUT2D eigenvalue weighted by Crippen LogP contribution is 2.20. The molecular weight excluding hydrogens is 192 g/mol. The summed E-state index contributed by atoms with van der Waals surface area (Å²) in [6, 6.07) is 0.206. The first kappa shape index (κ1) is 10.2. The van der Waals surface area contributed by atoms with Crippen LogP contribution in [0.1, 0.15) is 18.4 Å². The van der Waals surface area contributed by atoms with Crippen LogP contribution in [0.5, 0.6) is 0 Å². The molecule has 1 atom stereocenters. The molecule has 0 saturated carbocycles. The van der Waals surface area contributed by atoms with Crippen molar-refractivity contribution in [3.63, 3.8) is 0 Å². The summed E-state index contributed by atoms with van der Waals surface area (Å²) in [4.78, 5) is 13.5. The normalized spacial score (nSPS) is 21.3. The molecule has 1 fully saturated rings. The molecule has 0 aromatic carbocycles. The van der Waals surface area contributed by atoms with Gasteiger partial charge in [-0.25, -0.2) is 0 Å². The molecule has 1 aromatic rings. The van der Waals surface area contributed by atoms with Crippen molar-refractivity contribution < 1.29 is 4.79 Å². The number of hydrogen-bond acceptors (Lipinski definition) is 3. The standard InChI is InChI=1S/C10H16N4O/c1-13-6-8(5-12-13)7-14-9(4-11)2-3-10(14)15/h5-6,9H,2-4,7,11H2,1H3. The van der Waals surface area contributed by atoms with E-state index in [1.807, 2.05) is 18.1 Å². The number of aryl methyl sites for hydroxylation is 1. The van der Waals surface area contributed by atoms with Crippen molar-refractivity contribution in [2.24, 2.45) is 12.8 Å². The van der Waals surface area contributed by atoms with E-state index in [1.165, 1.54) is 0 Å². The first-order chi connectivity index (χ1) is 7.20. The average Bonchev–Trinajstić information content (AvgIpc) is 2.76. The molecular formula is C10H16N4O. The Morgan fingerprint density at radius 3 is 3.07 bits per heavy atom. The van der Waals surface area contributed by atoms with Crippen LogP contribution in [0.25, 0.3) is 0 Å². The van der Waals surface area contributed by atoms with Crippen molar-refractivity contribution in [2.75, 3.05) is 6.54 Å². The molecule has 0 radical (unpaired) electrons. The van der Waals surface area contributed by atoms with Crippen molar-refractivity contribution in [2.45, 2.75) is 25.4 Å². The number of hydrogen-bond donors (Lipinski definition) is 1. The fourth-order valence-corrected chi connectivity index (χ4v) is 2.01. The van der Waals surface area contributed by atoms with E-state index >= 15 is 0 Å². The molecule has 5 heteroatoms. The SMILES string of the molecule is Cn1cc(CN2C(=O)CCC2CN)cn1. The van der Waals surface area contributed by atoms with Gasteiger partial charge in [-0.05, 0) is 6.42 Å². The van der Waals surface area contributed by atoms with Gasteiger partial charge in [0.2, 0.25) is 5.91 Å². The van der Waals surface area contributed by atoms with Gasteiger partial charge in [0, 0.05) is 44.4 Å². The van der Waals surface area contributed by atoms with Crippen LogP contribution >= 0.6 is 0 Å². The molecule has 0 spiro atoms. The first-order valence-corrected chi connectivity index (χ1v) is 5.17. The molecule has 2 heterocycles. The van der Waals surface area contributed by atoms with Crippen LogP contribution in [-0.4, -0.2) is 33.2 Å². The summed E-state index contributed by atoms with van der Waals surface area (Å²) in [5, 5.41) is 4.08. The highest BCUT2D eigenvalue weighted by Gasteiger charge is 2.29. The summed E-state index contributed by atoms with van der Waals surface area (Å²) in [5.41, 5.74) is 6.69. The smallest absolute Gasteiger partial charge is 0.223 e. The van der Waals surface area contributed by atoms with Crippen molar-refractivity contribution in [3.8, 4) is 0 Å². The Hall–Kier alpha value is -1.36. The molecule has 0 aliphatic carbocycles. The van der Waals surface area contributed by atoms with Crippen molar-refractivity contribution in [1.29, 1.82) is 0 Å². The molecule has 15 heavy (non-hydrogen) atoms. The number of nitrogens with zero attached hydrogens (tertiary/aromatic N) is 3. The summed E-state index contributed by atoms with van der Waals surface area (Å²) in [5.74, 6) is 0.203. The molecule has 1 unspecified atom stereocenters. The molecule has 2 N–H and O–H groups in total. The van der Waals surface area contributed by atoms with E-state index < -0.39 is 0 Å². The Bertz CT molecular complexity index is 360. The third kappa shape index (κ3) is 2.02. The van der Waals surface area contributed by atoms with Gasteiger partial charge in [-0.1, -0.05) is 0 Å². The maximum absolute atomic E-state index is 11.6. The molecule has 1 saturated heterocycles. The zero-order valence-electron chi connectivity index (χ0n) is 8.89. The van der Waals surface area contributed by atoms with E-state index in [0.29, 0.717) is 19.5 Å². The van der Waals surface area contributed by atoms with Gasteiger partial charge in [0.25, 0.3) is 0 Å². The largest absolute Gasteiger partial charge is 0.334 e. The van der Waals surface area contributed by atoms with E-state index in [2.05, 4.69) is 5.10 Å². The minimum Gasteiger partial charge on any atom is -0.334 e. The summed E-state index contributed by atoms with van der Waals surface area (Å²) >= 11 is 0. The zero-order valence-corrected chi connectivity index (χ0v) is 8.89. The van der Waals surface area contributed by atoms with Crippen LogP contribution in [0.15, 0.2) is 12.4 Å². The topological polar surface area (TPSA) is 64.2 Å². The van der Waals surface area contributed by atoms with Gasteiger partial charge < -0.3 is 10.6 Å². The highest BCUT2D eigenvalue weighted by atomic mass is 16.2. The Morgan fingerprint density at radius 1 is 1.67 bits per heavy atom. The predicted molar refractivity (Wildman–Crippen MR) is 55.8 cm³/mol. The Morgan fingerprint density at radius 2 is 2.47 bits per heavy atom. The maximum Gasteiger partial charge on any atom is 0.223 e. The molecule has 5 nitrogen and oxygen atoms in total. The van der Waals surface area contributed by atoms with Gasteiger partial charge in [-0.2, -0.15) is 5.10 Å². The van der Waals surface area contributed by atoms with Gasteiger partial charge in [0.05, 0.1) is 6.20 Å². The lowest BCUT2D eigenvalue weighted by Gasteiger charge is -2.22. The lowest BCUT2D eigenvalue weighted by atomic mass is 10.2. The summed E-state index contributed by atoms with van der Waals surface area (Å²) in [7, 11) is 1.87. The molecule has 1 aromatic heterocycles. The fourth-order valence-electron chi connectivity index (χ4n) is 2.01. The van der Waals surface area contributed by atoms with Crippen LogP contribution in [0.4, 0.5) is 0 Å². The maximum atomic E-state index is 11.6. The van der Waals surface area contributed by atoms with Gasteiger partial charge >= 0.3 is 0 Å². The monoisotopic (exact) mass is 208 g/mol. The molecule has 82 valence electrons. The lowest BCUT2D eigenvalue weighted by molar-refractivity contribution is -0.129. The van der Waals surface area contributed by atoms with Crippen molar-refractivity contribution >= 4 is 5.91 Å². The molecule has 0 bridgehead atoms. The minimum atomic E-state index is 0.203. The Kier molecular flexibility index (Phi) is 2.73. The van der Waals surface area contributed by atoms with E-state index in [9.17, 15) is 4.79 Å². The second kappa shape index (κ2) is 4.02. The molecule has 1 amide bonds. The summed E-state index contributed by atoms with van der Waals surface area (Å²) in [6.07, 6.45) is 5.23. The number of carbonyl (C=O) groups is 1. The predicted octanol–water partition coefficient (Wildman–Crippen LogP) is -0.130. The number of carbonyl (C=O) groups excluding carboxylic acids is 1. The Balaban J connectivity index is 2.06. The van der Waals surface area contributed by atoms with Crippen LogP contribution in [0.2, 0.25) is 0 Å². The number of likely N-dealkylation sites (tertiary alicyclic amines) is 1. The van der Waals surface area contributed by atoms with Gasteiger partial charge in [-0.3, -0.25) is 9.48 Å². The summed E-state index contributed by atoms with van der Waals surface area (Å²) < 4.78 is 1.74. The van der Waals surface area contributed by atoms with Crippen LogP contribution < -0.4 is 5.73 Å². The molecule has 1 aliphatic rings. The van der Waals surface area contributed by atoms with Gasteiger partial charge in [-0.15, -0.1) is 0 Å². The third-order valence-electron chi connectivity index (χ3n) is 2.84. The quantitative estimate of drug-likeness (QED) is 0.752. The fraction of sp³-hybridized carbons (Fsp3) is 0.600. The van der Waals surface area contributed by atoms with E-state index in [0.717, 1.165) is 12.0 Å². The molecule has 1 aliphatic heterocycles. The number of rotatable bonds is 3. The average molecular weight is 208 g/mol. The molecule has 2 rings (SSSR count). The van der Waals surface area contributed by atoms with Crippen LogP contribution in [0.3, 0.4) is 0 Å². The number of nitrogens with two attached hydrogens (primary N) is 1. The van der Waals surface area contributed by atoms with Crippen molar-refractivity contribution in [1.82, 2.24) is 14.7 Å². The first-order valence-electron chi connectivity index (χ1n) is 5.17. The van der Waals surface area contributed by atoms with E-state index in [-0.39, 0.29) is 11.9 Å². The second-order valence-electron chi connectivity index (χ2n) is 3.97. The van der Waals surface area contributed by atoms with Gasteiger partial charge in [0.15, 0.2) is 0 Å². The van der Waals surface area contributed by atoms with E-state index in [4.69, 9.17) is 5.73 Å². The van der Waals surface area contributed by atoms with Gasteiger partial charge in [0.1, 0.15) is 0 Å². The van der Waals surface area contributed by atoms with Crippen LogP contribution in [0, 0.1) is 0 Å². The minimum absolute atomic E-state index is 0.203. The third-order valence-corrected chi connectivity index (χ3v) is 2.84. The van der Waals surface area contributed by atoms with Crippen molar-refractivity contribution in [3.05, 3.63) is 18.0 Å². The number of aromatic nitrogens is 2. The highest BCUT2D eigenvalue weighted by molar-refractivity contribution is 5.78. The van der Waals surface area contributed by atoms with E-state index in [1.54, 1.807) is 10.9 Å².